The summed E-state index contributed by atoms with van der Waals surface area (Å²) in [5, 5.41) is 9.63. The van der Waals surface area contributed by atoms with E-state index < -0.39 is 0 Å². The molecule has 0 radical (unpaired) electrons. The van der Waals surface area contributed by atoms with Gasteiger partial charge in [0.15, 0.2) is 0 Å². The van der Waals surface area contributed by atoms with Gasteiger partial charge in [0, 0.05) is 25.6 Å². The molecule has 0 spiro atoms. The Morgan fingerprint density at radius 2 is 1.94 bits per heavy atom. The van der Waals surface area contributed by atoms with Crippen molar-refractivity contribution in [1.29, 1.82) is 0 Å². The molecule has 1 atom stereocenters. The van der Waals surface area contributed by atoms with Gasteiger partial charge in [-0.3, -0.25) is 4.79 Å². The lowest BCUT2D eigenvalue weighted by molar-refractivity contribution is -0.137. The molecule has 1 rings (SSSR count). The second-order valence-corrected chi connectivity index (χ2v) is 5.68. The van der Waals surface area contributed by atoms with Crippen LogP contribution in [0.3, 0.4) is 0 Å². The van der Waals surface area contributed by atoms with Crippen molar-refractivity contribution in [3.05, 3.63) is 0 Å². The van der Waals surface area contributed by atoms with E-state index in [1.54, 1.807) is 0 Å². The molecule has 1 aliphatic rings. The van der Waals surface area contributed by atoms with Gasteiger partial charge in [-0.05, 0) is 46.2 Å². The smallest absolute Gasteiger partial charge is 0.225 e. The van der Waals surface area contributed by atoms with Gasteiger partial charge in [-0.1, -0.05) is 6.92 Å². The molecule has 1 unspecified atom stereocenters. The molecule has 1 fully saturated rings. The fourth-order valence-corrected chi connectivity index (χ4v) is 2.33. The average Bonchev–Trinajstić information content (AvgIpc) is 2.37. The van der Waals surface area contributed by atoms with Crippen molar-refractivity contribution in [2.24, 2.45) is 5.92 Å². The summed E-state index contributed by atoms with van der Waals surface area (Å²) in [5.41, 5.74) is 0. The van der Waals surface area contributed by atoms with Gasteiger partial charge in [0.05, 0.1) is 6.10 Å². The zero-order chi connectivity index (χ0) is 13.7. The zero-order valence-corrected chi connectivity index (χ0v) is 12.2. The number of nitrogens with zero attached hydrogens (tertiary/aromatic N) is 2. The van der Waals surface area contributed by atoms with E-state index >= 15 is 0 Å². The van der Waals surface area contributed by atoms with Crippen LogP contribution in [0.25, 0.3) is 0 Å². The first-order valence-corrected chi connectivity index (χ1v) is 7.12. The van der Waals surface area contributed by atoms with E-state index in [4.69, 9.17) is 0 Å². The Kier molecular flexibility index (Phi) is 6.09. The third-order valence-electron chi connectivity index (χ3n) is 4.00. The molecule has 0 saturated carbocycles. The van der Waals surface area contributed by atoms with Gasteiger partial charge in [0.2, 0.25) is 5.91 Å². The summed E-state index contributed by atoms with van der Waals surface area (Å²) in [7, 11) is 1.89. The van der Waals surface area contributed by atoms with E-state index in [1.165, 1.54) is 0 Å². The third kappa shape index (κ3) is 4.25. The fourth-order valence-electron chi connectivity index (χ4n) is 2.33. The van der Waals surface area contributed by atoms with Crippen LogP contribution in [-0.2, 0) is 4.79 Å². The van der Waals surface area contributed by atoms with Crippen LogP contribution in [0.5, 0.6) is 0 Å². The SMILES string of the molecule is CCC(O)CN1CCC(C(=O)N(C)C(C)C)CC1. The predicted octanol–water partition coefficient (Wildman–Crippen LogP) is 1.34. The van der Waals surface area contributed by atoms with Gasteiger partial charge in [0.25, 0.3) is 0 Å². The number of aliphatic hydroxyl groups is 1. The Labute approximate surface area is 111 Å². The van der Waals surface area contributed by atoms with E-state index in [2.05, 4.69) is 4.90 Å². The second kappa shape index (κ2) is 7.10. The molecule has 1 saturated heterocycles. The largest absolute Gasteiger partial charge is 0.392 e. The molecule has 1 aliphatic heterocycles. The zero-order valence-electron chi connectivity index (χ0n) is 12.2. The van der Waals surface area contributed by atoms with Gasteiger partial charge in [-0.25, -0.2) is 0 Å². The highest BCUT2D eigenvalue weighted by Gasteiger charge is 2.28. The van der Waals surface area contributed by atoms with Gasteiger partial charge in [-0.15, -0.1) is 0 Å². The molecular weight excluding hydrogens is 228 g/mol. The van der Waals surface area contributed by atoms with Crippen LogP contribution in [-0.4, -0.2) is 59.6 Å². The van der Waals surface area contributed by atoms with Crippen LogP contribution in [0.2, 0.25) is 0 Å². The number of amides is 1. The van der Waals surface area contributed by atoms with Crippen LogP contribution >= 0.6 is 0 Å². The second-order valence-electron chi connectivity index (χ2n) is 5.68. The summed E-state index contributed by atoms with van der Waals surface area (Å²) in [6.45, 7) is 8.70. The summed E-state index contributed by atoms with van der Waals surface area (Å²) in [6.07, 6.45) is 2.42. The van der Waals surface area contributed by atoms with Crippen molar-refractivity contribution in [2.45, 2.75) is 52.2 Å². The summed E-state index contributed by atoms with van der Waals surface area (Å²) in [4.78, 5) is 16.3. The molecule has 0 aromatic rings. The number of hydrogen-bond donors (Lipinski definition) is 1. The van der Waals surface area contributed by atoms with E-state index in [9.17, 15) is 9.90 Å². The minimum atomic E-state index is -0.226. The molecule has 4 heteroatoms. The lowest BCUT2D eigenvalue weighted by Gasteiger charge is -2.35. The van der Waals surface area contributed by atoms with Crippen LogP contribution < -0.4 is 0 Å². The topological polar surface area (TPSA) is 43.8 Å². The number of β-amino-alcohol motifs (C(OH)–C–C–N with tert-alkyl or cyclic N) is 1. The lowest BCUT2D eigenvalue weighted by Crippen LogP contribution is -2.44. The van der Waals surface area contributed by atoms with Crippen LogP contribution in [0.1, 0.15) is 40.0 Å². The molecule has 1 amide bonds. The Morgan fingerprint density at radius 1 is 1.39 bits per heavy atom. The standard InChI is InChI=1S/C14H28N2O2/c1-5-13(17)10-16-8-6-12(7-9-16)14(18)15(4)11(2)3/h11-13,17H,5-10H2,1-4H3. The number of carbonyl (C=O) groups is 1. The first kappa shape index (κ1) is 15.4. The number of carbonyl (C=O) groups excluding carboxylic acids is 1. The molecule has 0 aromatic carbocycles. The van der Waals surface area contributed by atoms with Gasteiger partial charge >= 0.3 is 0 Å². The third-order valence-corrected chi connectivity index (χ3v) is 4.00. The summed E-state index contributed by atoms with van der Waals surface area (Å²) >= 11 is 0. The van der Waals surface area contributed by atoms with Crippen molar-refractivity contribution >= 4 is 5.91 Å². The van der Waals surface area contributed by atoms with E-state index in [0.717, 1.165) is 38.9 Å². The van der Waals surface area contributed by atoms with Crippen molar-refractivity contribution in [2.75, 3.05) is 26.7 Å². The highest BCUT2D eigenvalue weighted by Crippen LogP contribution is 2.20. The summed E-state index contributed by atoms with van der Waals surface area (Å²) in [6, 6.07) is 0.275. The number of hydrogen-bond acceptors (Lipinski definition) is 3. The van der Waals surface area contributed by atoms with Gasteiger partial charge in [0.1, 0.15) is 0 Å². The molecule has 18 heavy (non-hydrogen) atoms. The number of aliphatic hydroxyl groups excluding tert-OH is 1. The molecule has 0 aliphatic carbocycles. The summed E-state index contributed by atoms with van der Waals surface area (Å²) < 4.78 is 0. The maximum atomic E-state index is 12.2. The fraction of sp³-hybridized carbons (Fsp3) is 0.929. The predicted molar refractivity (Wildman–Crippen MR) is 73.4 cm³/mol. The molecule has 1 heterocycles. The van der Waals surface area contributed by atoms with Gasteiger partial charge in [-0.2, -0.15) is 0 Å². The quantitative estimate of drug-likeness (QED) is 0.807. The highest BCUT2D eigenvalue weighted by atomic mass is 16.3. The van der Waals surface area contributed by atoms with Crippen molar-refractivity contribution in [3.63, 3.8) is 0 Å². The van der Waals surface area contributed by atoms with Crippen molar-refractivity contribution in [1.82, 2.24) is 9.80 Å². The molecule has 4 nitrogen and oxygen atoms in total. The molecule has 0 bridgehead atoms. The lowest BCUT2D eigenvalue weighted by atomic mass is 9.94. The molecule has 1 N–H and O–H groups in total. The maximum Gasteiger partial charge on any atom is 0.225 e. The highest BCUT2D eigenvalue weighted by molar-refractivity contribution is 5.78. The number of rotatable bonds is 5. The maximum absolute atomic E-state index is 12.2. The first-order valence-electron chi connectivity index (χ1n) is 7.12. The van der Waals surface area contributed by atoms with E-state index in [1.807, 2.05) is 32.7 Å². The molecular formula is C14H28N2O2. The average molecular weight is 256 g/mol. The van der Waals surface area contributed by atoms with Crippen molar-refractivity contribution in [3.8, 4) is 0 Å². The first-order chi connectivity index (χ1) is 8.45. The Hall–Kier alpha value is -0.610. The molecule has 0 aromatic heterocycles. The Morgan fingerprint density at radius 3 is 2.39 bits per heavy atom. The Bertz CT molecular complexity index is 261. The summed E-state index contributed by atoms with van der Waals surface area (Å²) in [5.74, 6) is 0.452. The van der Waals surface area contributed by atoms with Crippen LogP contribution in [0.15, 0.2) is 0 Å². The van der Waals surface area contributed by atoms with Crippen LogP contribution in [0, 0.1) is 5.92 Å². The number of likely N-dealkylation sites (tertiary alicyclic amines) is 1. The van der Waals surface area contributed by atoms with E-state index in [0.29, 0.717) is 0 Å². The monoisotopic (exact) mass is 256 g/mol. The van der Waals surface area contributed by atoms with E-state index in [-0.39, 0.29) is 24.0 Å². The minimum Gasteiger partial charge on any atom is -0.392 e. The normalized spacial score (nSPS) is 20.1. The van der Waals surface area contributed by atoms with Crippen molar-refractivity contribution < 1.29 is 9.90 Å². The Balaban J connectivity index is 2.37. The number of piperidine rings is 1. The van der Waals surface area contributed by atoms with Crippen LogP contribution in [0.4, 0.5) is 0 Å². The van der Waals surface area contributed by atoms with Gasteiger partial charge < -0.3 is 14.9 Å². The molecule has 106 valence electrons. The minimum absolute atomic E-state index is 0.174.